The third-order valence-corrected chi connectivity index (χ3v) is 15.1. The van der Waals surface area contributed by atoms with Gasteiger partial charge in [-0.2, -0.15) is 5.10 Å². The van der Waals surface area contributed by atoms with Crippen molar-refractivity contribution >= 4 is 78.7 Å². The summed E-state index contributed by atoms with van der Waals surface area (Å²) in [5.41, 5.74) is 7.78. The average molecular weight is 988 g/mol. The molecule has 0 aliphatic carbocycles. The Bertz CT molecular complexity index is 3290. The van der Waals surface area contributed by atoms with Crippen LogP contribution in [0.5, 0.6) is 5.75 Å². The standard InChI is InChI=1S/C55H57N9O7S/c1-31-35(11-9-14-43(31)71-25-22-32-20-23-63(28-32)30-47(66)56-34-16-17-37-42(26-34)62(5)61-49(37)38-18-19-46(65)59-52(38)68)48-40(55(2,3)4)27-45(58-50(48)53(69)70)64-24-21-33-10-8-12-36(39(33)29-64)51(67)60-54-57-41-13-6-7-15-44(41)72-54/h6-17,26-27,32,38H,18-25,28-30H2,1-5H3,(H,56,66)(H,69,70)(H,57,60,67)(H,59,65,68)/t32-,38?/m0/s1. The average Bonchev–Trinajstić information content (AvgIpc) is 4.07. The number of hydrogen-bond acceptors (Lipinski definition) is 12. The smallest absolute Gasteiger partial charge is 0.355 e. The minimum Gasteiger partial charge on any atom is -0.493 e. The number of carbonyl (C=O) groups is 5. The van der Waals surface area contributed by atoms with Gasteiger partial charge in [-0.05, 0) is 127 Å². The normalized spacial score (nSPS) is 17.3. The number of aryl methyl sites for hydroxylation is 1. The Kier molecular flexibility index (Phi) is 13.1. The van der Waals surface area contributed by atoms with Gasteiger partial charge in [0.2, 0.25) is 17.7 Å². The Balaban J connectivity index is 0.791. The van der Waals surface area contributed by atoms with Crippen LogP contribution in [0.3, 0.4) is 0 Å². The summed E-state index contributed by atoms with van der Waals surface area (Å²) in [5.74, 6) is -1.09. The second-order valence-electron chi connectivity index (χ2n) is 20.1. The van der Waals surface area contributed by atoms with E-state index in [-0.39, 0.29) is 42.3 Å². The molecule has 10 rings (SSSR count). The van der Waals surface area contributed by atoms with Gasteiger partial charge in [0, 0.05) is 55.3 Å². The van der Waals surface area contributed by atoms with Crippen LogP contribution in [0.2, 0.25) is 0 Å². The van der Waals surface area contributed by atoms with Crippen LogP contribution in [0.4, 0.5) is 16.6 Å². The molecule has 17 heteroatoms. The van der Waals surface area contributed by atoms with Gasteiger partial charge in [-0.1, -0.05) is 68.5 Å². The molecule has 370 valence electrons. The fourth-order valence-electron chi connectivity index (χ4n) is 10.4. The van der Waals surface area contributed by atoms with Crippen LogP contribution in [0.25, 0.3) is 32.2 Å². The highest BCUT2D eigenvalue weighted by atomic mass is 32.1. The minimum absolute atomic E-state index is 0.0446. The topological polar surface area (TPSA) is 201 Å². The summed E-state index contributed by atoms with van der Waals surface area (Å²) < 4.78 is 9.14. The molecule has 0 spiro atoms. The maximum atomic E-state index is 13.8. The molecule has 3 aliphatic rings. The van der Waals surface area contributed by atoms with Crippen molar-refractivity contribution in [2.45, 2.75) is 77.7 Å². The van der Waals surface area contributed by atoms with Gasteiger partial charge in [0.1, 0.15) is 11.6 Å². The molecule has 2 saturated heterocycles. The molecule has 16 nitrogen and oxygen atoms in total. The molecule has 0 bridgehead atoms. The first-order valence-corrected chi connectivity index (χ1v) is 25.3. The number of aromatic nitrogens is 4. The van der Waals surface area contributed by atoms with Crippen molar-refractivity contribution < 1.29 is 33.8 Å². The number of anilines is 3. The number of benzene rings is 4. The summed E-state index contributed by atoms with van der Waals surface area (Å²) >= 11 is 1.43. The SMILES string of the molecule is Cc1c(OCC[C@@H]2CCN(CC(=O)Nc3ccc4c(C5CCC(=O)NC5=O)nn(C)c4c3)C2)cccc1-c1c(C(C)(C)C)cc(N2CCc3cccc(C(=O)Nc4nc5ccccc5s4)c3C2)nc1C(=O)O. The number of carbonyl (C=O) groups excluding carboxylic acids is 4. The third-order valence-electron chi connectivity index (χ3n) is 14.2. The van der Waals surface area contributed by atoms with Gasteiger partial charge in [-0.15, -0.1) is 0 Å². The quantitative estimate of drug-likeness (QED) is 0.0803. The molecule has 3 aliphatic heterocycles. The Morgan fingerprint density at radius 3 is 2.54 bits per heavy atom. The number of para-hydroxylation sites is 1. The molecule has 0 radical (unpaired) electrons. The van der Waals surface area contributed by atoms with Crippen LogP contribution in [-0.4, -0.2) is 92.1 Å². The fraction of sp³-hybridized carbons (Fsp3) is 0.345. The largest absolute Gasteiger partial charge is 0.493 e. The number of ether oxygens (including phenoxy) is 1. The van der Waals surface area contributed by atoms with E-state index in [1.807, 2.05) is 91.9 Å². The van der Waals surface area contributed by atoms with Crippen LogP contribution >= 0.6 is 11.3 Å². The summed E-state index contributed by atoms with van der Waals surface area (Å²) in [4.78, 5) is 78.4. The number of nitrogens with one attached hydrogen (secondary N) is 3. The zero-order chi connectivity index (χ0) is 50.4. The Morgan fingerprint density at radius 2 is 1.75 bits per heavy atom. The van der Waals surface area contributed by atoms with Crippen molar-refractivity contribution in [1.82, 2.24) is 30.0 Å². The predicted molar refractivity (Wildman–Crippen MR) is 278 cm³/mol. The number of likely N-dealkylation sites (tertiary alicyclic amines) is 1. The van der Waals surface area contributed by atoms with E-state index in [0.717, 1.165) is 74.9 Å². The molecular weight excluding hydrogens is 931 g/mol. The van der Waals surface area contributed by atoms with Crippen molar-refractivity contribution in [3.05, 3.63) is 124 Å². The van der Waals surface area contributed by atoms with E-state index in [2.05, 4.69) is 56.6 Å². The molecule has 6 heterocycles. The summed E-state index contributed by atoms with van der Waals surface area (Å²) in [6, 6.07) is 26.8. The number of carboxylic acids is 1. The number of pyridine rings is 1. The predicted octanol–water partition coefficient (Wildman–Crippen LogP) is 8.61. The highest BCUT2D eigenvalue weighted by molar-refractivity contribution is 7.22. The second-order valence-corrected chi connectivity index (χ2v) is 21.1. The van der Waals surface area contributed by atoms with E-state index in [1.54, 1.807) is 11.7 Å². The minimum atomic E-state index is -1.13. The molecule has 1 unspecified atom stereocenters. The van der Waals surface area contributed by atoms with Gasteiger partial charge in [0.25, 0.3) is 5.91 Å². The molecule has 4 amide bonds. The number of thiazole rings is 1. The third kappa shape index (κ3) is 9.78. The molecular formula is C55H57N9O7S. The number of fused-ring (bicyclic) bond motifs is 3. The molecule has 4 N–H and O–H groups in total. The zero-order valence-electron chi connectivity index (χ0n) is 41.0. The van der Waals surface area contributed by atoms with Crippen molar-refractivity contribution in [1.29, 1.82) is 0 Å². The van der Waals surface area contributed by atoms with Crippen molar-refractivity contribution in [2.75, 3.05) is 48.3 Å². The number of nitrogens with zero attached hydrogens (tertiary/aromatic N) is 6. The van der Waals surface area contributed by atoms with Gasteiger partial charge in [-0.25, -0.2) is 14.8 Å². The van der Waals surface area contributed by atoms with E-state index >= 15 is 0 Å². The number of rotatable bonds is 13. The van der Waals surface area contributed by atoms with Gasteiger partial charge in [-0.3, -0.25) is 39.4 Å². The van der Waals surface area contributed by atoms with Crippen LogP contribution in [0, 0.1) is 12.8 Å². The lowest BCUT2D eigenvalue weighted by Crippen LogP contribution is -2.39. The number of imide groups is 1. The maximum absolute atomic E-state index is 13.8. The van der Waals surface area contributed by atoms with E-state index in [1.165, 1.54) is 11.3 Å². The van der Waals surface area contributed by atoms with Crippen LogP contribution in [0.15, 0.2) is 84.9 Å². The number of amides is 4. The number of piperidine rings is 1. The molecule has 3 aromatic heterocycles. The van der Waals surface area contributed by atoms with Crippen molar-refractivity contribution in [3.8, 4) is 16.9 Å². The van der Waals surface area contributed by atoms with E-state index in [9.17, 15) is 29.1 Å². The highest BCUT2D eigenvalue weighted by Crippen LogP contribution is 2.42. The molecule has 72 heavy (non-hydrogen) atoms. The Morgan fingerprint density at radius 1 is 0.931 bits per heavy atom. The summed E-state index contributed by atoms with van der Waals surface area (Å²) in [7, 11) is 1.80. The second kappa shape index (κ2) is 19.6. The fourth-order valence-corrected chi connectivity index (χ4v) is 11.3. The Labute approximate surface area is 420 Å². The van der Waals surface area contributed by atoms with E-state index in [0.29, 0.717) is 77.7 Å². The molecule has 2 atom stereocenters. The first kappa shape index (κ1) is 48.1. The van der Waals surface area contributed by atoms with Crippen LogP contribution < -0.4 is 25.6 Å². The summed E-state index contributed by atoms with van der Waals surface area (Å²) in [6.07, 6.45) is 3.04. The Hall–Kier alpha value is -7.50. The number of hydrogen-bond donors (Lipinski definition) is 4. The van der Waals surface area contributed by atoms with Gasteiger partial charge >= 0.3 is 5.97 Å². The molecule has 4 aromatic carbocycles. The van der Waals surface area contributed by atoms with Gasteiger partial charge < -0.3 is 20.1 Å². The number of aromatic carboxylic acids is 1. The van der Waals surface area contributed by atoms with Crippen molar-refractivity contribution in [3.63, 3.8) is 0 Å². The number of carboxylic acid groups (broad SMARTS) is 1. The first-order chi connectivity index (χ1) is 34.6. The van der Waals surface area contributed by atoms with Gasteiger partial charge in [0.15, 0.2) is 10.8 Å². The molecule has 2 fully saturated rings. The molecule has 7 aromatic rings. The lowest BCUT2D eigenvalue weighted by atomic mass is 9.80. The monoisotopic (exact) mass is 987 g/mol. The van der Waals surface area contributed by atoms with Gasteiger partial charge in [0.05, 0.1) is 40.5 Å². The molecule has 0 saturated carbocycles. The highest BCUT2D eigenvalue weighted by Gasteiger charge is 2.33. The lowest BCUT2D eigenvalue weighted by molar-refractivity contribution is -0.134. The zero-order valence-corrected chi connectivity index (χ0v) is 41.8. The van der Waals surface area contributed by atoms with Crippen LogP contribution in [0.1, 0.15) is 101 Å². The summed E-state index contributed by atoms with van der Waals surface area (Å²) in [5, 5.41) is 25.3. The maximum Gasteiger partial charge on any atom is 0.355 e. The summed E-state index contributed by atoms with van der Waals surface area (Å²) in [6.45, 7) is 11.4. The van der Waals surface area contributed by atoms with Crippen molar-refractivity contribution in [2.24, 2.45) is 13.0 Å². The van der Waals surface area contributed by atoms with Crippen LogP contribution in [-0.2, 0) is 39.8 Å². The van der Waals surface area contributed by atoms with E-state index < -0.39 is 17.3 Å². The first-order valence-electron chi connectivity index (χ1n) is 24.4. The lowest BCUT2D eigenvalue weighted by Gasteiger charge is -2.33. The van der Waals surface area contributed by atoms with E-state index in [4.69, 9.17) is 9.72 Å².